The maximum Gasteiger partial charge on any atom is 0.328 e. The summed E-state index contributed by atoms with van der Waals surface area (Å²) in [6, 6.07) is 4.06. The molecule has 0 saturated carbocycles. The molecule has 2 amide bonds. The molecule has 1 heterocycles. The van der Waals surface area contributed by atoms with Gasteiger partial charge in [-0.3, -0.25) is 9.59 Å². The Labute approximate surface area is 140 Å². The van der Waals surface area contributed by atoms with E-state index in [1.165, 1.54) is 19.3 Å². The van der Waals surface area contributed by atoms with Gasteiger partial charge in [-0.2, -0.15) is 5.26 Å². The van der Waals surface area contributed by atoms with E-state index >= 15 is 0 Å². The molecule has 0 aromatic carbocycles. The van der Waals surface area contributed by atoms with E-state index in [1.807, 2.05) is 6.07 Å². The maximum atomic E-state index is 11.8. The summed E-state index contributed by atoms with van der Waals surface area (Å²) in [4.78, 5) is 35.4. The van der Waals surface area contributed by atoms with Crippen LogP contribution in [0.15, 0.2) is 22.8 Å². The number of rotatable bonds is 7. The van der Waals surface area contributed by atoms with Crippen molar-refractivity contribution in [1.29, 1.82) is 5.26 Å². The van der Waals surface area contributed by atoms with Gasteiger partial charge < -0.3 is 19.8 Å². The molecule has 0 aliphatic carbocycles. The molecule has 8 nitrogen and oxygen atoms in total. The van der Waals surface area contributed by atoms with Crippen molar-refractivity contribution in [3.63, 3.8) is 0 Å². The summed E-state index contributed by atoms with van der Waals surface area (Å²) >= 11 is 0. The number of ether oxygens (including phenoxy) is 1. The zero-order valence-corrected chi connectivity index (χ0v) is 14.1. The van der Waals surface area contributed by atoms with Crippen LogP contribution in [0.3, 0.4) is 0 Å². The Morgan fingerprint density at radius 2 is 2.04 bits per heavy atom. The quantitative estimate of drug-likeness (QED) is 0.717. The van der Waals surface area contributed by atoms with Crippen LogP contribution in [-0.2, 0) is 14.3 Å². The Bertz CT molecular complexity index is 633. The minimum Gasteiger partial charge on any atom is -0.459 e. The van der Waals surface area contributed by atoms with E-state index in [2.05, 4.69) is 10.6 Å². The smallest absolute Gasteiger partial charge is 0.328 e. The number of amides is 2. The van der Waals surface area contributed by atoms with E-state index in [-0.39, 0.29) is 11.7 Å². The molecule has 0 saturated heterocycles. The Kier molecular flexibility index (Phi) is 6.53. The van der Waals surface area contributed by atoms with Gasteiger partial charge in [0.1, 0.15) is 11.6 Å². The highest BCUT2D eigenvalue weighted by atomic mass is 16.5. The molecule has 8 heteroatoms. The molecule has 0 unspecified atom stereocenters. The number of esters is 1. The first kappa shape index (κ1) is 19.2. The van der Waals surface area contributed by atoms with Gasteiger partial charge in [-0.25, -0.2) is 4.79 Å². The van der Waals surface area contributed by atoms with Crippen LogP contribution in [0.4, 0.5) is 0 Å². The molecule has 130 valence electrons. The predicted octanol–water partition coefficient (Wildman–Crippen LogP) is 0.996. The van der Waals surface area contributed by atoms with E-state index in [4.69, 9.17) is 14.4 Å². The van der Waals surface area contributed by atoms with Crippen LogP contribution in [0.5, 0.6) is 0 Å². The third-order valence-corrected chi connectivity index (χ3v) is 3.58. The minimum atomic E-state index is -1.05. The van der Waals surface area contributed by atoms with Gasteiger partial charge >= 0.3 is 5.97 Å². The van der Waals surface area contributed by atoms with E-state index in [0.717, 1.165) is 0 Å². The van der Waals surface area contributed by atoms with Crippen LogP contribution in [0.25, 0.3) is 0 Å². The summed E-state index contributed by atoms with van der Waals surface area (Å²) in [5.74, 6) is -1.98. The Hall–Kier alpha value is -2.82. The number of hydrogen-bond acceptors (Lipinski definition) is 6. The number of carbonyl (C=O) groups excluding carboxylic acids is 3. The van der Waals surface area contributed by atoms with Gasteiger partial charge in [0.2, 0.25) is 0 Å². The summed E-state index contributed by atoms with van der Waals surface area (Å²) in [5.41, 5.74) is -1.05. The molecule has 2 atom stereocenters. The maximum absolute atomic E-state index is 11.8. The number of hydrogen-bond donors (Lipinski definition) is 2. The van der Waals surface area contributed by atoms with Crippen molar-refractivity contribution in [3.05, 3.63) is 24.2 Å². The molecule has 0 fully saturated rings. The van der Waals surface area contributed by atoms with Crippen molar-refractivity contribution in [2.45, 2.75) is 39.3 Å². The Balaban J connectivity index is 2.46. The van der Waals surface area contributed by atoms with Gasteiger partial charge in [0.15, 0.2) is 12.4 Å². The molecular weight excluding hydrogens is 314 g/mol. The summed E-state index contributed by atoms with van der Waals surface area (Å²) in [6.45, 7) is 6.06. The summed E-state index contributed by atoms with van der Waals surface area (Å²) < 4.78 is 9.75. The van der Waals surface area contributed by atoms with Crippen LogP contribution in [-0.4, -0.2) is 36.0 Å². The lowest BCUT2D eigenvalue weighted by molar-refractivity contribution is -0.150. The van der Waals surface area contributed by atoms with E-state index in [0.29, 0.717) is 0 Å². The lowest BCUT2D eigenvalue weighted by atomic mass is 9.90. The van der Waals surface area contributed by atoms with Crippen molar-refractivity contribution < 1.29 is 23.5 Å². The van der Waals surface area contributed by atoms with Crippen molar-refractivity contribution in [3.8, 4) is 6.07 Å². The van der Waals surface area contributed by atoms with Crippen LogP contribution in [0.2, 0.25) is 0 Å². The fourth-order valence-corrected chi connectivity index (χ4v) is 1.62. The fraction of sp³-hybridized carbons (Fsp3) is 0.500. The molecule has 0 aliphatic rings. The van der Waals surface area contributed by atoms with E-state index in [1.54, 1.807) is 26.8 Å². The molecule has 1 rings (SSSR count). The molecule has 24 heavy (non-hydrogen) atoms. The molecule has 0 radical (unpaired) electrons. The highest BCUT2D eigenvalue weighted by molar-refractivity contribution is 5.94. The lowest BCUT2D eigenvalue weighted by Gasteiger charge is -2.27. The van der Waals surface area contributed by atoms with E-state index in [9.17, 15) is 14.4 Å². The van der Waals surface area contributed by atoms with Gasteiger partial charge in [-0.15, -0.1) is 0 Å². The normalized spacial score (nSPS) is 14.2. The predicted molar refractivity (Wildman–Crippen MR) is 83.6 cm³/mol. The first-order valence-electron chi connectivity index (χ1n) is 7.43. The van der Waals surface area contributed by atoms with Gasteiger partial charge in [-0.05, 0) is 31.9 Å². The highest BCUT2D eigenvalue weighted by Crippen LogP contribution is 2.14. The van der Waals surface area contributed by atoms with Gasteiger partial charge in [0, 0.05) is 0 Å². The number of nitrogens with one attached hydrogen (secondary N) is 2. The van der Waals surface area contributed by atoms with Gasteiger partial charge in [-0.1, -0.05) is 13.8 Å². The number of carbonyl (C=O) groups is 3. The number of nitrogens with zero attached hydrogens (tertiary/aromatic N) is 1. The minimum absolute atomic E-state index is 0.0640. The van der Waals surface area contributed by atoms with Crippen molar-refractivity contribution in [1.82, 2.24) is 10.6 Å². The van der Waals surface area contributed by atoms with Crippen molar-refractivity contribution in [2.75, 3.05) is 6.61 Å². The largest absolute Gasteiger partial charge is 0.459 e. The van der Waals surface area contributed by atoms with Crippen LogP contribution >= 0.6 is 0 Å². The third-order valence-electron chi connectivity index (χ3n) is 3.58. The first-order chi connectivity index (χ1) is 11.2. The molecule has 1 aromatic heterocycles. The standard InChI is InChI=1S/C16H21N3O5/c1-10(2)16(4,9-17)19-13(20)8-24-15(22)11(3)18-14(21)12-6-5-7-23-12/h5-7,10-11H,8H2,1-4H3,(H,18,21)(H,19,20)/t11-,16-/m0/s1. The topological polar surface area (TPSA) is 121 Å². The fourth-order valence-electron chi connectivity index (χ4n) is 1.62. The van der Waals surface area contributed by atoms with Crippen LogP contribution < -0.4 is 10.6 Å². The molecule has 1 aromatic rings. The SMILES string of the molecule is CC(C)[C@](C)(C#N)NC(=O)COC(=O)[C@H](C)NC(=O)c1ccco1. The summed E-state index contributed by atoms with van der Waals surface area (Å²) in [6.07, 6.45) is 1.34. The monoisotopic (exact) mass is 335 g/mol. The van der Waals surface area contributed by atoms with Gasteiger partial charge in [0.05, 0.1) is 12.3 Å². The highest BCUT2D eigenvalue weighted by Gasteiger charge is 2.30. The van der Waals surface area contributed by atoms with Crippen molar-refractivity contribution in [2.24, 2.45) is 5.92 Å². The molecule has 0 aliphatic heterocycles. The molecule has 2 N–H and O–H groups in total. The van der Waals surface area contributed by atoms with Gasteiger partial charge in [0.25, 0.3) is 11.8 Å². The summed E-state index contributed by atoms with van der Waals surface area (Å²) in [5, 5.41) is 14.0. The second kappa shape index (κ2) is 8.15. The number of nitriles is 1. The van der Waals surface area contributed by atoms with Crippen molar-refractivity contribution >= 4 is 17.8 Å². The molecular formula is C16H21N3O5. The Morgan fingerprint density at radius 3 is 2.54 bits per heavy atom. The zero-order chi connectivity index (χ0) is 18.3. The third kappa shape index (κ3) is 5.12. The van der Waals surface area contributed by atoms with E-state index < -0.39 is 36.0 Å². The summed E-state index contributed by atoms with van der Waals surface area (Å²) in [7, 11) is 0. The molecule has 0 spiro atoms. The van der Waals surface area contributed by atoms with Crippen LogP contribution in [0.1, 0.15) is 38.2 Å². The second-order valence-electron chi connectivity index (χ2n) is 5.80. The number of furan rings is 1. The average Bonchev–Trinajstić information content (AvgIpc) is 3.06. The average molecular weight is 335 g/mol. The lowest BCUT2D eigenvalue weighted by Crippen LogP contribution is -2.50. The zero-order valence-electron chi connectivity index (χ0n) is 14.1. The van der Waals surface area contributed by atoms with Crippen LogP contribution in [0, 0.1) is 17.2 Å². The Morgan fingerprint density at radius 1 is 1.38 bits per heavy atom. The first-order valence-corrected chi connectivity index (χ1v) is 7.43. The molecule has 0 bridgehead atoms. The second-order valence-corrected chi connectivity index (χ2v) is 5.80.